The third-order valence-corrected chi connectivity index (χ3v) is 4.33. The quantitative estimate of drug-likeness (QED) is 0.697. The molecular weight excluding hydrogens is 344 g/mol. The molecule has 6 heteroatoms. The van der Waals surface area contributed by atoms with Crippen molar-refractivity contribution >= 4 is 22.6 Å². The molecule has 0 bridgehead atoms. The van der Waals surface area contributed by atoms with Gasteiger partial charge in [-0.05, 0) is 46.7 Å². The van der Waals surface area contributed by atoms with Crippen molar-refractivity contribution in [1.82, 2.24) is 10.2 Å². The predicted molar refractivity (Wildman–Crippen MR) is 103 cm³/mol. The van der Waals surface area contributed by atoms with Crippen molar-refractivity contribution < 1.29 is 18.7 Å². The van der Waals surface area contributed by atoms with E-state index in [4.69, 9.17) is 9.15 Å². The van der Waals surface area contributed by atoms with E-state index in [0.717, 1.165) is 22.1 Å². The minimum Gasteiger partial charge on any atom is -0.497 e. The molecule has 1 N–H and O–H groups in total. The van der Waals surface area contributed by atoms with E-state index in [9.17, 15) is 9.59 Å². The number of nitrogens with zero attached hydrogens (tertiary/aromatic N) is 1. The Bertz CT molecular complexity index is 935. The smallest absolute Gasteiger partial charge is 0.286 e. The van der Waals surface area contributed by atoms with Crippen LogP contribution in [0.3, 0.4) is 0 Å². The first kappa shape index (κ1) is 18.5. The highest BCUT2D eigenvalue weighted by atomic mass is 16.5. The number of benzene rings is 2. The van der Waals surface area contributed by atoms with Gasteiger partial charge in [-0.25, -0.2) is 0 Å². The molecule has 0 unspecified atom stereocenters. The number of rotatable bonds is 7. The number of carbonyl (C=O) groups is 2. The SMILES string of the molecule is COc1ccc2cc(CN(C)C(=O)CCNC(=O)c3ccco3)ccc2c1. The molecule has 2 amide bonds. The molecule has 1 aromatic heterocycles. The lowest BCUT2D eigenvalue weighted by Crippen LogP contribution is -2.31. The highest BCUT2D eigenvalue weighted by Gasteiger charge is 2.12. The summed E-state index contributed by atoms with van der Waals surface area (Å²) >= 11 is 0. The molecular formula is C21H22N2O4. The van der Waals surface area contributed by atoms with Crippen molar-refractivity contribution in [3.63, 3.8) is 0 Å². The number of ether oxygens (including phenoxy) is 1. The van der Waals surface area contributed by atoms with Gasteiger partial charge in [0.1, 0.15) is 5.75 Å². The molecule has 0 aliphatic heterocycles. The molecule has 0 radical (unpaired) electrons. The van der Waals surface area contributed by atoms with Crippen LogP contribution in [0.2, 0.25) is 0 Å². The van der Waals surface area contributed by atoms with Crippen molar-refractivity contribution in [2.75, 3.05) is 20.7 Å². The fourth-order valence-electron chi connectivity index (χ4n) is 2.83. The third-order valence-electron chi connectivity index (χ3n) is 4.33. The van der Waals surface area contributed by atoms with Crippen LogP contribution in [0.4, 0.5) is 0 Å². The molecule has 0 aliphatic rings. The zero-order valence-electron chi connectivity index (χ0n) is 15.4. The summed E-state index contributed by atoms with van der Waals surface area (Å²) < 4.78 is 10.3. The number of hydrogen-bond acceptors (Lipinski definition) is 4. The topological polar surface area (TPSA) is 71.8 Å². The second kappa shape index (κ2) is 8.40. The van der Waals surface area contributed by atoms with Crippen molar-refractivity contribution in [2.24, 2.45) is 0 Å². The minimum absolute atomic E-state index is 0.0374. The van der Waals surface area contributed by atoms with Crippen LogP contribution in [0.25, 0.3) is 10.8 Å². The van der Waals surface area contributed by atoms with Crippen LogP contribution in [0.15, 0.2) is 59.2 Å². The Hall–Kier alpha value is -3.28. The molecule has 0 atom stereocenters. The number of furan rings is 1. The molecule has 0 saturated carbocycles. The van der Waals surface area contributed by atoms with Gasteiger partial charge in [0.25, 0.3) is 5.91 Å². The lowest BCUT2D eigenvalue weighted by Gasteiger charge is -2.18. The summed E-state index contributed by atoms with van der Waals surface area (Å²) in [6, 6.07) is 15.2. The Morgan fingerprint density at radius 1 is 1.11 bits per heavy atom. The van der Waals surface area contributed by atoms with Crippen molar-refractivity contribution in [3.05, 3.63) is 66.1 Å². The second-order valence-electron chi connectivity index (χ2n) is 6.28. The monoisotopic (exact) mass is 366 g/mol. The van der Waals surface area contributed by atoms with Gasteiger partial charge in [0.05, 0.1) is 13.4 Å². The van der Waals surface area contributed by atoms with Gasteiger partial charge in [0, 0.05) is 26.6 Å². The third kappa shape index (κ3) is 4.67. The first-order valence-corrected chi connectivity index (χ1v) is 8.69. The van der Waals surface area contributed by atoms with E-state index in [-0.39, 0.29) is 30.5 Å². The zero-order chi connectivity index (χ0) is 19.2. The minimum atomic E-state index is -0.319. The van der Waals surface area contributed by atoms with Gasteiger partial charge in [-0.3, -0.25) is 9.59 Å². The summed E-state index contributed by atoms with van der Waals surface area (Å²) in [6.07, 6.45) is 1.67. The number of methoxy groups -OCH3 is 1. The van der Waals surface area contributed by atoms with Crippen LogP contribution >= 0.6 is 0 Å². The van der Waals surface area contributed by atoms with Gasteiger partial charge in [0.15, 0.2) is 5.76 Å². The summed E-state index contributed by atoms with van der Waals surface area (Å²) in [5.41, 5.74) is 1.04. The van der Waals surface area contributed by atoms with Gasteiger partial charge in [-0.1, -0.05) is 18.2 Å². The molecule has 0 saturated heterocycles. The van der Waals surface area contributed by atoms with Gasteiger partial charge < -0.3 is 19.4 Å². The molecule has 3 aromatic rings. The molecule has 2 aromatic carbocycles. The molecule has 140 valence electrons. The van der Waals surface area contributed by atoms with Crippen LogP contribution in [0.5, 0.6) is 5.75 Å². The fourth-order valence-corrected chi connectivity index (χ4v) is 2.83. The molecule has 1 heterocycles. The van der Waals surface area contributed by atoms with Gasteiger partial charge in [0.2, 0.25) is 5.91 Å². The van der Waals surface area contributed by atoms with Gasteiger partial charge in [-0.2, -0.15) is 0 Å². The maximum atomic E-state index is 12.3. The molecule has 0 spiro atoms. The Kier molecular flexibility index (Phi) is 5.76. The Balaban J connectivity index is 1.53. The highest BCUT2D eigenvalue weighted by Crippen LogP contribution is 2.22. The fraction of sp³-hybridized carbons (Fsp3) is 0.238. The summed E-state index contributed by atoms with van der Waals surface area (Å²) in [5.74, 6) is 0.702. The average Bonchev–Trinajstić information content (AvgIpc) is 3.22. The number of carbonyl (C=O) groups excluding carboxylic acids is 2. The molecule has 6 nitrogen and oxygen atoms in total. The Labute approximate surface area is 157 Å². The maximum Gasteiger partial charge on any atom is 0.286 e. The Morgan fingerprint density at radius 3 is 2.63 bits per heavy atom. The predicted octanol–water partition coefficient (Wildman–Crippen LogP) is 3.22. The summed E-state index contributed by atoms with van der Waals surface area (Å²) in [6.45, 7) is 0.771. The molecule has 0 aliphatic carbocycles. The van der Waals surface area contributed by atoms with E-state index in [1.54, 1.807) is 31.2 Å². The van der Waals surface area contributed by atoms with Crippen LogP contribution in [0.1, 0.15) is 22.5 Å². The van der Waals surface area contributed by atoms with Crippen molar-refractivity contribution in [2.45, 2.75) is 13.0 Å². The maximum absolute atomic E-state index is 12.3. The number of nitrogens with one attached hydrogen (secondary N) is 1. The second-order valence-corrected chi connectivity index (χ2v) is 6.28. The van der Waals surface area contributed by atoms with E-state index in [0.29, 0.717) is 6.54 Å². The van der Waals surface area contributed by atoms with E-state index < -0.39 is 0 Å². The Morgan fingerprint density at radius 2 is 1.89 bits per heavy atom. The van der Waals surface area contributed by atoms with E-state index in [1.807, 2.05) is 30.3 Å². The molecule has 3 rings (SSSR count). The summed E-state index contributed by atoms with van der Waals surface area (Å²) in [7, 11) is 3.40. The first-order valence-electron chi connectivity index (χ1n) is 8.69. The lowest BCUT2D eigenvalue weighted by molar-refractivity contribution is -0.130. The number of amides is 2. The van der Waals surface area contributed by atoms with Crippen LogP contribution < -0.4 is 10.1 Å². The summed E-state index contributed by atoms with van der Waals surface area (Å²) in [4.78, 5) is 25.7. The van der Waals surface area contributed by atoms with Crippen LogP contribution in [-0.4, -0.2) is 37.4 Å². The average molecular weight is 366 g/mol. The molecule has 27 heavy (non-hydrogen) atoms. The van der Waals surface area contributed by atoms with E-state index in [1.165, 1.54) is 6.26 Å². The normalized spacial score (nSPS) is 10.6. The standard InChI is InChI=1S/C21H22N2O4/c1-23(20(24)9-10-22-21(25)19-4-3-11-27-19)14-15-5-6-17-13-18(26-2)8-7-16(17)12-15/h3-8,11-13H,9-10,14H2,1-2H3,(H,22,25). The zero-order valence-corrected chi connectivity index (χ0v) is 15.4. The van der Waals surface area contributed by atoms with Gasteiger partial charge >= 0.3 is 0 Å². The van der Waals surface area contributed by atoms with Crippen LogP contribution in [-0.2, 0) is 11.3 Å². The lowest BCUT2D eigenvalue weighted by atomic mass is 10.1. The largest absolute Gasteiger partial charge is 0.497 e. The highest BCUT2D eigenvalue weighted by molar-refractivity contribution is 5.91. The van der Waals surface area contributed by atoms with Crippen molar-refractivity contribution in [3.8, 4) is 5.75 Å². The first-order chi connectivity index (χ1) is 13.1. The van der Waals surface area contributed by atoms with Crippen LogP contribution in [0, 0.1) is 0 Å². The summed E-state index contributed by atoms with van der Waals surface area (Å²) in [5, 5.41) is 4.87. The van der Waals surface area contributed by atoms with Crippen molar-refractivity contribution in [1.29, 1.82) is 0 Å². The van der Waals surface area contributed by atoms with Gasteiger partial charge in [-0.15, -0.1) is 0 Å². The van der Waals surface area contributed by atoms with E-state index >= 15 is 0 Å². The number of hydrogen-bond donors (Lipinski definition) is 1. The number of fused-ring (bicyclic) bond motifs is 1. The van der Waals surface area contributed by atoms with E-state index in [2.05, 4.69) is 11.4 Å². The molecule has 0 fully saturated rings.